The molecule has 0 aliphatic rings. The third kappa shape index (κ3) is 7.59. The highest BCUT2D eigenvalue weighted by Crippen LogP contribution is 1.92. The van der Waals surface area contributed by atoms with Crippen LogP contribution in [0.25, 0.3) is 0 Å². The van der Waals surface area contributed by atoms with Gasteiger partial charge in [0, 0.05) is 13.1 Å². The van der Waals surface area contributed by atoms with Crippen LogP contribution in [0.2, 0.25) is 0 Å². The van der Waals surface area contributed by atoms with Crippen LogP contribution in [0.3, 0.4) is 0 Å². The van der Waals surface area contributed by atoms with Gasteiger partial charge in [-0.15, -0.1) is 0 Å². The molecule has 2 amide bonds. The largest absolute Gasteiger partial charge is 0.480 e. The molecule has 112 valence electrons. The van der Waals surface area contributed by atoms with E-state index in [1.54, 1.807) is 6.92 Å². The Kier molecular flexibility index (Phi) is 7.34. The second-order valence-corrected chi connectivity index (χ2v) is 5.70. The smallest absolute Gasteiger partial charge is 0.328 e. The monoisotopic (exact) mass is 297 g/mol. The van der Waals surface area contributed by atoms with Gasteiger partial charge in [-0.25, -0.2) is 22.7 Å². The van der Waals surface area contributed by atoms with E-state index >= 15 is 0 Å². The number of amides is 2. The number of urea groups is 1. The summed E-state index contributed by atoms with van der Waals surface area (Å²) in [6.07, 6.45) is -1.27. The average molecular weight is 297 g/mol. The lowest BCUT2D eigenvalue weighted by Crippen LogP contribution is -2.51. The van der Waals surface area contributed by atoms with Gasteiger partial charge in [-0.05, 0) is 6.92 Å². The number of hydrogen-bond acceptors (Lipinski definition) is 5. The summed E-state index contributed by atoms with van der Waals surface area (Å²) >= 11 is 0. The standard InChI is InChI=1S/C9H19N3O6S/c1-3-11-19(17,18)5-4-10-9(16)12-7(6(2)13)8(14)15/h6-7,11,13H,3-5H2,1-2H3,(H,14,15)(H2,10,12,16). The number of aliphatic carboxylic acids is 1. The van der Waals surface area contributed by atoms with Crippen molar-refractivity contribution in [3.05, 3.63) is 0 Å². The fourth-order valence-electron chi connectivity index (χ4n) is 1.17. The van der Waals surface area contributed by atoms with E-state index in [-0.39, 0.29) is 18.8 Å². The van der Waals surface area contributed by atoms with E-state index in [2.05, 4.69) is 10.0 Å². The molecule has 0 aliphatic heterocycles. The number of hydrogen-bond donors (Lipinski definition) is 5. The maximum atomic E-state index is 11.3. The summed E-state index contributed by atoms with van der Waals surface area (Å²) in [6, 6.07) is -2.31. The molecule has 2 atom stereocenters. The zero-order valence-corrected chi connectivity index (χ0v) is 11.5. The molecule has 0 spiro atoms. The predicted molar refractivity (Wildman–Crippen MR) is 67.1 cm³/mol. The molecule has 0 aromatic rings. The van der Waals surface area contributed by atoms with Crippen molar-refractivity contribution in [1.82, 2.24) is 15.4 Å². The Morgan fingerprint density at radius 1 is 1.32 bits per heavy atom. The SMILES string of the molecule is CCNS(=O)(=O)CCNC(=O)NC(C(=O)O)C(C)O. The van der Waals surface area contributed by atoms with Gasteiger partial charge >= 0.3 is 12.0 Å². The van der Waals surface area contributed by atoms with Gasteiger partial charge in [-0.3, -0.25) is 0 Å². The number of carbonyl (C=O) groups is 2. The van der Waals surface area contributed by atoms with Crippen LogP contribution in [0, 0.1) is 0 Å². The summed E-state index contributed by atoms with van der Waals surface area (Å²) < 4.78 is 24.7. The molecule has 0 aliphatic carbocycles. The van der Waals surface area contributed by atoms with Gasteiger partial charge in [0.05, 0.1) is 11.9 Å². The van der Waals surface area contributed by atoms with Crippen LogP contribution in [0.4, 0.5) is 4.79 Å². The maximum absolute atomic E-state index is 11.3. The summed E-state index contributed by atoms with van der Waals surface area (Å²) in [6.45, 7) is 2.91. The van der Waals surface area contributed by atoms with E-state index < -0.39 is 34.2 Å². The summed E-state index contributed by atoms with van der Waals surface area (Å²) in [5, 5.41) is 22.0. The highest BCUT2D eigenvalue weighted by molar-refractivity contribution is 7.89. The van der Waals surface area contributed by atoms with Gasteiger partial charge in [-0.2, -0.15) is 0 Å². The Bertz CT molecular complexity index is 408. The molecule has 0 heterocycles. The van der Waals surface area contributed by atoms with Crippen LogP contribution in [0.1, 0.15) is 13.8 Å². The quantitative estimate of drug-likeness (QED) is 0.352. The number of rotatable bonds is 8. The maximum Gasteiger partial charge on any atom is 0.328 e. The first-order chi connectivity index (χ1) is 8.69. The number of carboxylic acids is 1. The van der Waals surface area contributed by atoms with Gasteiger partial charge in [-0.1, -0.05) is 6.92 Å². The number of carbonyl (C=O) groups excluding carboxylic acids is 1. The highest BCUT2D eigenvalue weighted by atomic mass is 32.2. The van der Waals surface area contributed by atoms with Crippen LogP contribution in [-0.4, -0.2) is 61.6 Å². The Morgan fingerprint density at radius 3 is 2.32 bits per heavy atom. The number of carboxylic acid groups (broad SMARTS) is 1. The molecule has 0 rings (SSSR count). The lowest BCUT2D eigenvalue weighted by molar-refractivity contribution is -0.141. The van der Waals surface area contributed by atoms with E-state index in [4.69, 9.17) is 10.2 Å². The lowest BCUT2D eigenvalue weighted by Gasteiger charge is -2.17. The Balaban J connectivity index is 4.16. The van der Waals surface area contributed by atoms with Crippen molar-refractivity contribution in [2.24, 2.45) is 0 Å². The number of nitrogens with one attached hydrogen (secondary N) is 3. The van der Waals surface area contributed by atoms with E-state index in [0.717, 1.165) is 0 Å². The average Bonchev–Trinajstić information content (AvgIpc) is 2.24. The third-order valence-corrected chi connectivity index (χ3v) is 3.53. The zero-order chi connectivity index (χ0) is 15.1. The molecular formula is C9H19N3O6S. The highest BCUT2D eigenvalue weighted by Gasteiger charge is 2.24. The van der Waals surface area contributed by atoms with Crippen molar-refractivity contribution in [2.45, 2.75) is 26.0 Å². The molecule has 0 saturated heterocycles. The predicted octanol–water partition coefficient (Wildman–Crippen LogP) is -1.94. The van der Waals surface area contributed by atoms with Crippen LogP contribution >= 0.6 is 0 Å². The summed E-state index contributed by atoms with van der Waals surface area (Å²) in [5.41, 5.74) is 0. The van der Waals surface area contributed by atoms with Gasteiger partial charge in [0.1, 0.15) is 0 Å². The van der Waals surface area contributed by atoms with E-state index in [0.29, 0.717) is 0 Å². The van der Waals surface area contributed by atoms with Gasteiger partial charge in [0.2, 0.25) is 10.0 Å². The number of sulfonamides is 1. The Labute approximate surface area is 111 Å². The normalized spacial score (nSPS) is 14.5. The van der Waals surface area contributed by atoms with Crippen molar-refractivity contribution in [2.75, 3.05) is 18.8 Å². The first kappa shape index (κ1) is 17.6. The van der Waals surface area contributed by atoms with Crippen molar-refractivity contribution in [3.8, 4) is 0 Å². The third-order valence-electron chi connectivity index (χ3n) is 2.06. The van der Waals surface area contributed by atoms with Crippen LogP contribution in [0.5, 0.6) is 0 Å². The second kappa shape index (κ2) is 7.92. The Hall–Kier alpha value is -1.39. The summed E-state index contributed by atoms with van der Waals surface area (Å²) in [7, 11) is -3.45. The van der Waals surface area contributed by atoms with Gasteiger partial charge in [0.25, 0.3) is 0 Å². The minimum Gasteiger partial charge on any atom is -0.480 e. The van der Waals surface area contributed by atoms with Crippen LogP contribution in [-0.2, 0) is 14.8 Å². The molecule has 19 heavy (non-hydrogen) atoms. The van der Waals surface area contributed by atoms with Crippen LogP contribution in [0.15, 0.2) is 0 Å². The Morgan fingerprint density at radius 2 is 1.89 bits per heavy atom. The van der Waals surface area contributed by atoms with Crippen molar-refractivity contribution < 1.29 is 28.2 Å². The van der Waals surface area contributed by atoms with Crippen molar-refractivity contribution in [3.63, 3.8) is 0 Å². The molecule has 0 bridgehead atoms. The molecule has 0 radical (unpaired) electrons. The fraction of sp³-hybridized carbons (Fsp3) is 0.778. The lowest BCUT2D eigenvalue weighted by atomic mass is 10.2. The van der Waals surface area contributed by atoms with Gasteiger partial charge in [0.15, 0.2) is 6.04 Å². The summed E-state index contributed by atoms with van der Waals surface area (Å²) in [5.74, 6) is -1.70. The molecular weight excluding hydrogens is 278 g/mol. The molecule has 10 heteroatoms. The molecule has 9 nitrogen and oxygen atoms in total. The molecule has 0 aromatic heterocycles. The number of aliphatic hydroxyl groups excluding tert-OH is 1. The van der Waals surface area contributed by atoms with Crippen molar-refractivity contribution in [1.29, 1.82) is 0 Å². The van der Waals surface area contributed by atoms with Gasteiger partial charge < -0.3 is 20.8 Å². The van der Waals surface area contributed by atoms with E-state index in [9.17, 15) is 18.0 Å². The molecule has 2 unspecified atom stereocenters. The molecule has 0 aromatic carbocycles. The topological polar surface area (TPSA) is 145 Å². The van der Waals surface area contributed by atoms with E-state index in [1.807, 2.05) is 5.32 Å². The van der Waals surface area contributed by atoms with Crippen molar-refractivity contribution >= 4 is 22.0 Å². The minimum absolute atomic E-state index is 0.173. The van der Waals surface area contributed by atoms with E-state index in [1.165, 1.54) is 6.92 Å². The molecule has 5 N–H and O–H groups in total. The fourth-order valence-corrected chi connectivity index (χ4v) is 2.13. The second-order valence-electron chi connectivity index (χ2n) is 3.77. The van der Waals surface area contributed by atoms with Crippen LogP contribution < -0.4 is 15.4 Å². The first-order valence-electron chi connectivity index (χ1n) is 5.62. The number of aliphatic hydroxyl groups is 1. The minimum atomic E-state index is -3.45. The zero-order valence-electron chi connectivity index (χ0n) is 10.7. The molecule has 0 fully saturated rings. The summed E-state index contributed by atoms with van der Waals surface area (Å²) in [4.78, 5) is 22.0. The molecule has 0 saturated carbocycles. The first-order valence-corrected chi connectivity index (χ1v) is 7.27.